The molecule has 18 heavy (non-hydrogen) atoms. The summed E-state index contributed by atoms with van der Waals surface area (Å²) in [5.74, 6) is 0.981. The van der Waals surface area contributed by atoms with Crippen molar-refractivity contribution in [3.8, 4) is 5.75 Å². The molecule has 0 amide bonds. The average molecular weight is 248 g/mol. The van der Waals surface area contributed by atoms with E-state index in [0.717, 1.165) is 44.8 Å². The van der Waals surface area contributed by atoms with Gasteiger partial charge in [-0.05, 0) is 49.2 Å². The molecule has 0 bridgehead atoms. The van der Waals surface area contributed by atoms with Crippen LogP contribution in [-0.4, -0.2) is 31.1 Å². The van der Waals surface area contributed by atoms with Crippen LogP contribution in [0.15, 0.2) is 18.2 Å². The molecule has 1 aliphatic carbocycles. The molecular weight excluding hydrogens is 224 g/mol. The Hall–Kier alpha value is -1.06. The zero-order valence-corrected chi connectivity index (χ0v) is 11.5. The van der Waals surface area contributed by atoms with E-state index in [9.17, 15) is 0 Å². The zero-order chi connectivity index (χ0) is 13.0. The number of fused-ring (bicyclic) bond motifs is 1. The lowest BCUT2D eigenvalue weighted by molar-refractivity contribution is 0.222. The Bertz CT molecular complexity index is 388. The van der Waals surface area contributed by atoms with Crippen LogP contribution in [0.1, 0.15) is 37.4 Å². The molecule has 0 spiro atoms. The van der Waals surface area contributed by atoms with Gasteiger partial charge in [0.25, 0.3) is 0 Å². The summed E-state index contributed by atoms with van der Waals surface area (Å²) in [7, 11) is 0. The molecule has 1 atom stereocenters. The zero-order valence-electron chi connectivity index (χ0n) is 11.5. The lowest BCUT2D eigenvalue weighted by Crippen LogP contribution is -2.27. The fourth-order valence-corrected chi connectivity index (χ4v) is 2.55. The summed E-state index contributed by atoms with van der Waals surface area (Å²) in [4.78, 5) is 2.36. The maximum atomic E-state index is 6.02. The second kappa shape index (κ2) is 6.21. The summed E-state index contributed by atoms with van der Waals surface area (Å²) in [5, 5.41) is 0. The minimum absolute atomic E-state index is 0.227. The van der Waals surface area contributed by atoms with Gasteiger partial charge in [0.2, 0.25) is 0 Å². The number of likely N-dealkylation sites (N-methyl/N-ethyl adjacent to an activating group) is 1. The number of nitrogens with two attached hydrogens (primary N) is 1. The molecular formula is C15H24N2O. The molecule has 0 saturated heterocycles. The van der Waals surface area contributed by atoms with Crippen LogP contribution in [0.4, 0.5) is 0 Å². The summed E-state index contributed by atoms with van der Waals surface area (Å²) in [5.41, 5.74) is 8.69. The van der Waals surface area contributed by atoms with Crippen LogP contribution in [0.5, 0.6) is 5.75 Å². The minimum Gasteiger partial charge on any atom is -0.492 e. The third-order valence-electron chi connectivity index (χ3n) is 3.81. The molecule has 0 fully saturated rings. The van der Waals surface area contributed by atoms with Crippen LogP contribution < -0.4 is 10.5 Å². The Labute approximate surface area is 110 Å². The molecule has 0 aromatic heterocycles. The Morgan fingerprint density at radius 3 is 2.83 bits per heavy atom. The molecule has 0 heterocycles. The first-order valence-corrected chi connectivity index (χ1v) is 6.98. The van der Waals surface area contributed by atoms with Crippen LogP contribution in [0.25, 0.3) is 0 Å². The number of benzene rings is 1. The normalized spacial score (nSPS) is 18.1. The van der Waals surface area contributed by atoms with Gasteiger partial charge >= 0.3 is 0 Å². The molecule has 1 aromatic carbocycles. The molecule has 100 valence electrons. The molecule has 3 nitrogen and oxygen atoms in total. The first kappa shape index (κ1) is 13.4. The molecule has 1 aliphatic rings. The van der Waals surface area contributed by atoms with Crippen molar-refractivity contribution in [3.63, 3.8) is 0 Å². The second-order valence-corrected chi connectivity index (χ2v) is 4.88. The number of hydrogen-bond donors (Lipinski definition) is 1. The summed E-state index contributed by atoms with van der Waals surface area (Å²) in [6.07, 6.45) is 2.15. The van der Waals surface area contributed by atoms with E-state index in [1.54, 1.807) is 0 Å². The number of nitrogens with zero attached hydrogens (tertiary/aromatic N) is 1. The Morgan fingerprint density at radius 1 is 1.33 bits per heavy atom. The highest BCUT2D eigenvalue weighted by atomic mass is 16.5. The van der Waals surface area contributed by atoms with E-state index >= 15 is 0 Å². The molecule has 0 radical (unpaired) electrons. The lowest BCUT2D eigenvalue weighted by Gasteiger charge is -2.18. The van der Waals surface area contributed by atoms with Crippen LogP contribution in [-0.2, 0) is 6.42 Å². The molecule has 2 rings (SSSR count). The van der Waals surface area contributed by atoms with Crippen molar-refractivity contribution < 1.29 is 4.74 Å². The van der Waals surface area contributed by atoms with Gasteiger partial charge in [-0.1, -0.05) is 19.9 Å². The van der Waals surface area contributed by atoms with Crippen molar-refractivity contribution in [2.75, 3.05) is 26.2 Å². The van der Waals surface area contributed by atoms with Crippen molar-refractivity contribution >= 4 is 0 Å². The quantitative estimate of drug-likeness (QED) is 0.840. The summed E-state index contributed by atoms with van der Waals surface area (Å²) in [6.45, 7) is 8.27. The Kier molecular flexibility index (Phi) is 4.61. The van der Waals surface area contributed by atoms with E-state index in [1.165, 1.54) is 11.1 Å². The van der Waals surface area contributed by atoms with Gasteiger partial charge in [0, 0.05) is 12.6 Å². The second-order valence-electron chi connectivity index (χ2n) is 4.88. The lowest BCUT2D eigenvalue weighted by atomic mass is 10.1. The van der Waals surface area contributed by atoms with Crippen molar-refractivity contribution in [2.45, 2.75) is 32.7 Å². The highest BCUT2D eigenvalue weighted by Gasteiger charge is 2.18. The largest absolute Gasteiger partial charge is 0.492 e. The number of ether oxygens (including phenoxy) is 1. The van der Waals surface area contributed by atoms with Crippen LogP contribution in [0, 0.1) is 0 Å². The average Bonchev–Trinajstić information content (AvgIpc) is 2.76. The van der Waals surface area contributed by atoms with Gasteiger partial charge < -0.3 is 15.4 Å². The van der Waals surface area contributed by atoms with Gasteiger partial charge in [0.15, 0.2) is 0 Å². The summed E-state index contributed by atoms with van der Waals surface area (Å²) < 4.78 is 5.82. The predicted molar refractivity (Wildman–Crippen MR) is 75.0 cm³/mol. The SMILES string of the molecule is CCN(CC)CCOc1ccc2c(c1)CCC2N. The predicted octanol–water partition coefficient (Wildman–Crippen LogP) is 2.35. The summed E-state index contributed by atoms with van der Waals surface area (Å²) >= 11 is 0. The van der Waals surface area contributed by atoms with Crippen LogP contribution >= 0.6 is 0 Å². The van der Waals surface area contributed by atoms with Crippen molar-refractivity contribution in [3.05, 3.63) is 29.3 Å². The molecule has 0 saturated carbocycles. The molecule has 1 unspecified atom stereocenters. The monoisotopic (exact) mass is 248 g/mol. The van der Waals surface area contributed by atoms with Gasteiger partial charge in [-0.15, -0.1) is 0 Å². The van der Waals surface area contributed by atoms with E-state index in [-0.39, 0.29) is 6.04 Å². The maximum Gasteiger partial charge on any atom is 0.119 e. The molecule has 3 heteroatoms. The minimum atomic E-state index is 0.227. The van der Waals surface area contributed by atoms with E-state index in [0.29, 0.717) is 0 Å². The maximum absolute atomic E-state index is 6.02. The first-order chi connectivity index (χ1) is 8.74. The van der Waals surface area contributed by atoms with E-state index < -0.39 is 0 Å². The first-order valence-electron chi connectivity index (χ1n) is 6.98. The van der Waals surface area contributed by atoms with Gasteiger partial charge in [-0.25, -0.2) is 0 Å². The third-order valence-corrected chi connectivity index (χ3v) is 3.81. The van der Waals surface area contributed by atoms with Gasteiger partial charge in [0.05, 0.1) is 0 Å². The fourth-order valence-electron chi connectivity index (χ4n) is 2.55. The number of hydrogen-bond acceptors (Lipinski definition) is 3. The Morgan fingerprint density at radius 2 is 2.11 bits per heavy atom. The van der Waals surface area contributed by atoms with E-state index in [4.69, 9.17) is 10.5 Å². The third kappa shape index (κ3) is 3.03. The number of rotatable bonds is 6. The number of aryl methyl sites for hydroxylation is 1. The van der Waals surface area contributed by atoms with E-state index in [1.807, 2.05) is 6.07 Å². The highest BCUT2D eigenvalue weighted by Crippen LogP contribution is 2.31. The smallest absolute Gasteiger partial charge is 0.119 e. The van der Waals surface area contributed by atoms with Gasteiger partial charge in [-0.3, -0.25) is 0 Å². The standard InChI is InChI=1S/C15H24N2O/c1-3-17(4-2)9-10-18-13-6-7-14-12(11-13)5-8-15(14)16/h6-7,11,15H,3-5,8-10,16H2,1-2H3. The van der Waals surface area contributed by atoms with Crippen LogP contribution in [0.2, 0.25) is 0 Å². The molecule has 1 aromatic rings. The van der Waals surface area contributed by atoms with Gasteiger partial charge in [-0.2, -0.15) is 0 Å². The van der Waals surface area contributed by atoms with Gasteiger partial charge in [0.1, 0.15) is 12.4 Å². The fraction of sp³-hybridized carbons (Fsp3) is 0.600. The molecule has 2 N–H and O–H groups in total. The molecule has 0 aliphatic heterocycles. The van der Waals surface area contributed by atoms with E-state index in [2.05, 4.69) is 30.9 Å². The topological polar surface area (TPSA) is 38.5 Å². The van der Waals surface area contributed by atoms with Crippen molar-refractivity contribution in [2.24, 2.45) is 5.73 Å². The highest BCUT2D eigenvalue weighted by molar-refractivity contribution is 5.40. The van der Waals surface area contributed by atoms with Crippen LogP contribution in [0.3, 0.4) is 0 Å². The van der Waals surface area contributed by atoms with Crippen molar-refractivity contribution in [1.82, 2.24) is 4.90 Å². The Balaban J connectivity index is 1.87. The van der Waals surface area contributed by atoms with Crippen molar-refractivity contribution in [1.29, 1.82) is 0 Å². The summed E-state index contributed by atoms with van der Waals surface area (Å²) in [6, 6.07) is 6.56.